The van der Waals surface area contributed by atoms with Crippen molar-refractivity contribution in [2.24, 2.45) is 0 Å². The van der Waals surface area contributed by atoms with Crippen LogP contribution in [0.25, 0.3) is 0 Å². The van der Waals surface area contributed by atoms with E-state index in [-0.39, 0.29) is 0 Å². The van der Waals surface area contributed by atoms with Crippen molar-refractivity contribution in [2.45, 2.75) is 18.6 Å². The average Bonchev–Trinajstić information content (AvgIpc) is 1.35. The van der Waals surface area contributed by atoms with E-state index in [1.165, 1.54) is 22.3 Å². The third-order valence-corrected chi connectivity index (χ3v) is 4.45. The van der Waals surface area contributed by atoms with Gasteiger partial charge in [0.2, 0.25) is 0 Å². The molecule has 0 spiro atoms. The van der Waals surface area contributed by atoms with Crippen molar-refractivity contribution in [1.82, 2.24) is 0 Å². The minimum absolute atomic E-state index is 0.664. The second-order valence-electron chi connectivity index (χ2n) is 1.57. The van der Waals surface area contributed by atoms with E-state index in [0.29, 0.717) is 0 Å². The first-order valence-electron chi connectivity index (χ1n) is 2.41. The van der Waals surface area contributed by atoms with Crippen LogP contribution in [0, 0.1) is 0 Å². The van der Waals surface area contributed by atoms with Crippen molar-refractivity contribution in [3.63, 3.8) is 0 Å². The zero-order valence-corrected chi connectivity index (χ0v) is 8.28. The fraction of sp³-hybridized carbons (Fsp3) is 1.00. The fourth-order valence-electron chi connectivity index (χ4n) is 0.398. The molecule has 3 heteroatoms. The van der Waals surface area contributed by atoms with Crippen LogP contribution in [0.4, 0.5) is 0 Å². The van der Waals surface area contributed by atoms with Crippen LogP contribution in [-0.4, -0.2) is 18.3 Å². The van der Waals surface area contributed by atoms with E-state index < -0.39 is 8.11 Å². The van der Waals surface area contributed by atoms with Gasteiger partial charge in [0.05, 0.1) is 0 Å². The smallest absolute Gasteiger partial charge is 0.137 e. The molecule has 0 nitrogen and oxygen atoms in total. The molecule has 0 saturated carbocycles. The van der Waals surface area contributed by atoms with Crippen molar-refractivity contribution in [3.05, 3.63) is 0 Å². The summed E-state index contributed by atoms with van der Waals surface area (Å²) in [6.45, 7) is 2.18. The molecule has 1 unspecified atom stereocenters. The largest absolute Gasteiger partial charge is 0.172 e. The molecule has 0 rings (SSSR count). The first-order valence-corrected chi connectivity index (χ1v) is 7.54. The van der Waals surface area contributed by atoms with E-state index in [1.54, 1.807) is 0 Å². The van der Waals surface area contributed by atoms with Gasteiger partial charge in [0.25, 0.3) is 0 Å². The topological polar surface area (TPSA) is 0 Å². The summed E-state index contributed by atoms with van der Waals surface area (Å²) in [7, 11) is 0.674. The summed E-state index contributed by atoms with van der Waals surface area (Å²) >= 11 is 5.74. The Morgan fingerprint density at radius 1 is 1.83 bits per heavy atom. The maximum atomic E-state index is 5.74. The average molecular weight is 139 g/mol. The molecule has 0 aromatic rings. The monoisotopic (exact) mass is 138 g/mol. The SMILES string of the molecule is C[SiH](Cl)CC[SiH3]. The molecule has 0 aromatic carbocycles. The molecule has 1 atom stereocenters. The highest BCUT2D eigenvalue weighted by molar-refractivity contribution is 7.06. The Morgan fingerprint density at radius 3 is 2.33 bits per heavy atom. The molecule has 6 heavy (non-hydrogen) atoms. The quantitative estimate of drug-likeness (QED) is 0.382. The van der Waals surface area contributed by atoms with Gasteiger partial charge in [-0.3, -0.25) is 0 Å². The molecule has 0 aromatic heterocycles. The van der Waals surface area contributed by atoms with E-state index in [0.717, 1.165) is 0 Å². The molecule has 0 amide bonds. The van der Waals surface area contributed by atoms with Gasteiger partial charge >= 0.3 is 0 Å². The highest BCUT2D eigenvalue weighted by Gasteiger charge is 1.91. The zero-order chi connectivity index (χ0) is 4.99. The number of hydrogen-bond donors (Lipinski definition) is 0. The lowest BCUT2D eigenvalue weighted by Gasteiger charge is -1.90. The van der Waals surface area contributed by atoms with Crippen LogP contribution in [-0.2, 0) is 0 Å². The summed E-state index contributed by atoms with van der Waals surface area (Å²) in [5.74, 6) is 0. The van der Waals surface area contributed by atoms with Gasteiger partial charge in [0.15, 0.2) is 0 Å². The molecule has 0 radical (unpaired) electrons. The van der Waals surface area contributed by atoms with E-state index in [4.69, 9.17) is 11.1 Å². The molecule has 0 bridgehead atoms. The van der Waals surface area contributed by atoms with Gasteiger partial charge in [-0.2, -0.15) is 11.1 Å². The molecule has 0 aliphatic rings. The van der Waals surface area contributed by atoms with Crippen LogP contribution in [0.15, 0.2) is 0 Å². The third kappa shape index (κ3) is 4.72. The summed E-state index contributed by atoms with van der Waals surface area (Å²) in [4.78, 5) is 0. The Labute approximate surface area is 48.6 Å². The van der Waals surface area contributed by atoms with E-state index >= 15 is 0 Å². The van der Waals surface area contributed by atoms with E-state index in [1.807, 2.05) is 0 Å². The van der Waals surface area contributed by atoms with Crippen LogP contribution in [0.3, 0.4) is 0 Å². The fourth-order valence-corrected chi connectivity index (χ4v) is 5.54. The number of rotatable bonds is 2. The Kier molecular flexibility index (Phi) is 4.37. The van der Waals surface area contributed by atoms with Gasteiger partial charge in [-0.05, 0) is 6.04 Å². The molecule has 0 aliphatic carbocycles. The van der Waals surface area contributed by atoms with Crippen LogP contribution in [0.5, 0.6) is 0 Å². The lowest BCUT2D eigenvalue weighted by molar-refractivity contribution is 1.43. The van der Waals surface area contributed by atoms with Crippen LogP contribution >= 0.6 is 11.1 Å². The van der Waals surface area contributed by atoms with Crippen molar-refractivity contribution < 1.29 is 0 Å². The highest BCUT2D eigenvalue weighted by atomic mass is 35.6. The Hall–Kier alpha value is 0.724. The van der Waals surface area contributed by atoms with Crippen molar-refractivity contribution >= 4 is 29.4 Å². The van der Waals surface area contributed by atoms with Crippen LogP contribution in [0.2, 0.25) is 18.6 Å². The summed E-state index contributed by atoms with van der Waals surface area (Å²) in [6.07, 6.45) is 0. The highest BCUT2D eigenvalue weighted by Crippen LogP contribution is 1.97. The van der Waals surface area contributed by atoms with Gasteiger partial charge < -0.3 is 0 Å². The second-order valence-corrected chi connectivity index (χ2v) is 6.94. The molecule has 38 valence electrons. The van der Waals surface area contributed by atoms with E-state index in [9.17, 15) is 0 Å². The molecular weight excluding hydrogens is 128 g/mol. The van der Waals surface area contributed by atoms with Crippen molar-refractivity contribution in [2.75, 3.05) is 0 Å². The minimum atomic E-state index is -0.664. The van der Waals surface area contributed by atoms with Crippen LogP contribution in [0.1, 0.15) is 0 Å². The predicted octanol–water partition coefficient (Wildman–Crippen LogP) is 0.362. The van der Waals surface area contributed by atoms with Gasteiger partial charge in [0, 0.05) is 10.2 Å². The second kappa shape index (κ2) is 3.90. The van der Waals surface area contributed by atoms with Gasteiger partial charge in [-0.1, -0.05) is 12.6 Å². The molecule has 0 heterocycles. The summed E-state index contributed by atoms with van der Waals surface area (Å²) in [5.41, 5.74) is 0. The van der Waals surface area contributed by atoms with Crippen LogP contribution < -0.4 is 0 Å². The molecule has 0 N–H and O–H groups in total. The van der Waals surface area contributed by atoms with Gasteiger partial charge in [0.1, 0.15) is 8.11 Å². The maximum absolute atomic E-state index is 5.74. The normalized spacial score (nSPS) is 15.0. The summed E-state index contributed by atoms with van der Waals surface area (Å²) in [6, 6.07) is 2.74. The Morgan fingerprint density at radius 2 is 2.33 bits per heavy atom. The molecule has 0 fully saturated rings. The third-order valence-electron chi connectivity index (χ3n) is 0.686. The molecule has 0 saturated heterocycles. The zero-order valence-electron chi connectivity index (χ0n) is 4.37. The maximum Gasteiger partial charge on any atom is 0.137 e. The standard InChI is InChI=1S/C3H11ClSi2/c1-6(4)3-2-5/h6H,2-3H2,1,5H3. The van der Waals surface area contributed by atoms with E-state index in [2.05, 4.69) is 6.55 Å². The molecular formula is C3H11ClSi2. The Balaban J connectivity index is 2.63. The number of halogens is 1. The number of hydrogen-bond acceptors (Lipinski definition) is 0. The van der Waals surface area contributed by atoms with Gasteiger partial charge in [-0.15, -0.1) is 0 Å². The lowest BCUT2D eigenvalue weighted by Crippen LogP contribution is -1.92. The van der Waals surface area contributed by atoms with Crippen molar-refractivity contribution in [3.8, 4) is 0 Å². The Bertz CT molecular complexity index is 30.0. The summed E-state index contributed by atoms with van der Waals surface area (Å²) < 4.78 is 0. The van der Waals surface area contributed by atoms with Crippen molar-refractivity contribution in [1.29, 1.82) is 0 Å². The predicted molar refractivity (Wildman–Crippen MR) is 38.4 cm³/mol. The molecule has 0 aliphatic heterocycles. The lowest BCUT2D eigenvalue weighted by atomic mass is 11.0. The first-order chi connectivity index (χ1) is 2.77. The summed E-state index contributed by atoms with van der Waals surface area (Å²) in [5, 5.41) is 0. The van der Waals surface area contributed by atoms with Gasteiger partial charge in [-0.25, -0.2) is 0 Å². The minimum Gasteiger partial charge on any atom is -0.172 e. The first kappa shape index (κ1) is 6.72.